The van der Waals surface area contributed by atoms with Gasteiger partial charge in [0, 0.05) is 6.92 Å². The Hall–Kier alpha value is -0.570. The first kappa shape index (κ1) is 12.5. The van der Waals surface area contributed by atoms with Crippen LogP contribution in [0.15, 0.2) is 0 Å². The van der Waals surface area contributed by atoms with Gasteiger partial charge in [-0.05, 0) is 44.9 Å². The Bertz CT molecular complexity index is 230. The van der Waals surface area contributed by atoms with E-state index >= 15 is 0 Å². The number of hydrogen-bond donors (Lipinski definition) is 1. The first-order valence-electron chi connectivity index (χ1n) is 5.70. The molecule has 1 saturated carbocycles. The summed E-state index contributed by atoms with van der Waals surface area (Å²) in [5.41, 5.74) is -0.668. The van der Waals surface area contributed by atoms with E-state index in [-0.39, 0.29) is 18.0 Å². The van der Waals surface area contributed by atoms with Crippen LogP contribution in [0.4, 0.5) is 0 Å². The predicted molar refractivity (Wildman–Crippen MR) is 58.4 cm³/mol. The molecule has 0 bridgehead atoms. The van der Waals surface area contributed by atoms with Crippen LogP contribution in [-0.4, -0.2) is 22.8 Å². The average Bonchev–Trinajstić information content (AvgIpc) is 2.06. The molecule has 0 saturated heterocycles. The van der Waals surface area contributed by atoms with E-state index in [0.717, 1.165) is 19.3 Å². The summed E-state index contributed by atoms with van der Waals surface area (Å²) < 4.78 is 5.28. The number of aliphatic hydroxyl groups is 1. The van der Waals surface area contributed by atoms with E-state index in [4.69, 9.17) is 4.74 Å². The van der Waals surface area contributed by atoms with Crippen LogP contribution in [0, 0.1) is 11.8 Å². The van der Waals surface area contributed by atoms with Crippen molar-refractivity contribution in [2.75, 3.05) is 0 Å². The molecule has 0 radical (unpaired) electrons. The van der Waals surface area contributed by atoms with E-state index in [1.54, 1.807) is 0 Å². The Labute approximate surface area is 91.8 Å². The molecule has 0 aliphatic heterocycles. The van der Waals surface area contributed by atoms with Gasteiger partial charge in [0.1, 0.15) is 6.10 Å². The molecule has 0 heterocycles. The van der Waals surface area contributed by atoms with Gasteiger partial charge in [-0.15, -0.1) is 0 Å². The summed E-state index contributed by atoms with van der Waals surface area (Å²) in [6, 6.07) is 0. The second-order valence-electron chi connectivity index (χ2n) is 5.29. The van der Waals surface area contributed by atoms with Crippen LogP contribution in [0.1, 0.15) is 47.0 Å². The minimum atomic E-state index is -0.668. The zero-order valence-corrected chi connectivity index (χ0v) is 10.1. The number of carbonyl (C=O) groups is 1. The molecule has 3 nitrogen and oxygen atoms in total. The van der Waals surface area contributed by atoms with Crippen LogP contribution in [0.5, 0.6) is 0 Å². The van der Waals surface area contributed by atoms with E-state index in [9.17, 15) is 9.90 Å². The Morgan fingerprint density at radius 3 is 2.47 bits per heavy atom. The SMILES string of the molecule is CC(=O)OC1CC(C(C)(C)O)CCC1C. The van der Waals surface area contributed by atoms with Gasteiger partial charge in [-0.25, -0.2) is 0 Å². The summed E-state index contributed by atoms with van der Waals surface area (Å²) in [6.07, 6.45) is 2.80. The molecule has 15 heavy (non-hydrogen) atoms. The maximum atomic E-state index is 10.9. The monoisotopic (exact) mass is 214 g/mol. The van der Waals surface area contributed by atoms with Gasteiger partial charge >= 0.3 is 5.97 Å². The fourth-order valence-corrected chi connectivity index (χ4v) is 2.30. The predicted octanol–water partition coefficient (Wildman–Crippen LogP) is 2.13. The van der Waals surface area contributed by atoms with Gasteiger partial charge in [-0.1, -0.05) is 6.92 Å². The quantitative estimate of drug-likeness (QED) is 0.716. The van der Waals surface area contributed by atoms with Gasteiger partial charge in [0.25, 0.3) is 0 Å². The summed E-state index contributed by atoms with van der Waals surface area (Å²) in [5.74, 6) is 0.425. The minimum Gasteiger partial charge on any atom is -0.462 e. The van der Waals surface area contributed by atoms with Gasteiger partial charge < -0.3 is 9.84 Å². The lowest BCUT2D eigenvalue weighted by molar-refractivity contribution is -0.154. The van der Waals surface area contributed by atoms with Gasteiger partial charge in [-0.3, -0.25) is 4.79 Å². The highest BCUT2D eigenvalue weighted by molar-refractivity contribution is 5.66. The Morgan fingerprint density at radius 2 is 2.00 bits per heavy atom. The zero-order valence-electron chi connectivity index (χ0n) is 10.1. The van der Waals surface area contributed by atoms with Crippen molar-refractivity contribution in [3.8, 4) is 0 Å². The third-order valence-corrected chi connectivity index (χ3v) is 3.44. The Kier molecular flexibility index (Phi) is 3.77. The molecule has 88 valence electrons. The maximum absolute atomic E-state index is 10.9. The molecule has 0 aromatic rings. The van der Waals surface area contributed by atoms with Crippen molar-refractivity contribution in [2.45, 2.75) is 58.7 Å². The van der Waals surface area contributed by atoms with Crippen LogP contribution in [0.3, 0.4) is 0 Å². The number of rotatable bonds is 2. The lowest BCUT2D eigenvalue weighted by Gasteiger charge is -2.39. The lowest BCUT2D eigenvalue weighted by Crippen LogP contribution is -2.40. The molecule has 0 amide bonds. The third kappa shape index (κ3) is 3.49. The summed E-state index contributed by atoms with van der Waals surface area (Å²) >= 11 is 0. The number of esters is 1. The zero-order chi connectivity index (χ0) is 11.6. The van der Waals surface area contributed by atoms with Gasteiger partial charge in [-0.2, -0.15) is 0 Å². The standard InChI is InChI=1S/C12H22O3/c1-8-5-6-10(12(3,4)14)7-11(8)15-9(2)13/h8,10-11,14H,5-7H2,1-4H3. The molecule has 1 fully saturated rings. The highest BCUT2D eigenvalue weighted by Crippen LogP contribution is 2.36. The average molecular weight is 214 g/mol. The molecule has 0 spiro atoms. The van der Waals surface area contributed by atoms with Crippen LogP contribution in [0.25, 0.3) is 0 Å². The highest BCUT2D eigenvalue weighted by atomic mass is 16.5. The first-order valence-corrected chi connectivity index (χ1v) is 5.70. The van der Waals surface area contributed by atoms with Crippen LogP contribution in [-0.2, 0) is 9.53 Å². The highest BCUT2D eigenvalue weighted by Gasteiger charge is 2.36. The molecule has 0 aromatic carbocycles. The van der Waals surface area contributed by atoms with Gasteiger partial charge in [0.15, 0.2) is 0 Å². The number of carbonyl (C=O) groups excluding carboxylic acids is 1. The molecule has 3 unspecified atom stereocenters. The lowest BCUT2D eigenvalue weighted by atomic mass is 9.74. The van der Waals surface area contributed by atoms with E-state index in [1.807, 2.05) is 13.8 Å². The van der Waals surface area contributed by atoms with Crippen molar-refractivity contribution < 1.29 is 14.6 Å². The largest absolute Gasteiger partial charge is 0.462 e. The van der Waals surface area contributed by atoms with Crippen molar-refractivity contribution in [3.05, 3.63) is 0 Å². The molecular weight excluding hydrogens is 192 g/mol. The van der Waals surface area contributed by atoms with Crippen LogP contribution < -0.4 is 0 Å². The molecule has 1 rings (SSSR count). The van der Waals surface area contributed by atoms with Crippen molar-refractivity contribution in [1.82, 2.24) is 0 Å². The molecule has 1 N–H and O–H groups in total. The van der Waals surface area contributed by atoms with Crippen molar-refractivity contribution in [3.63, 3.8) is 0 Å². The van der Waals surface area contributed by atoms with Crippen molar-refractivity contribution >= 4 is 5.97 Å². The number of hydrogen-bond acceptors (Lipinski definition) is 3. The van der Waals surface area contributed by atoms with E-state index in [1.165, 1.54) is 6.92 Å². The fraction of sp³-hybridized carbons (Fsp3) is 0.917. The van der Waals surface area contributed by atoms with Crippen LogP contribution >= 0.6 is 0 Å². The summed E-state index contributed by atoms with van der Waals surface area (Å²) in [7, 11) is 0. The van der Waals surface area contributed by atoms with Crippen molar-refractivity contribution in [2.24, 2.45) is 11.8 Å². The fourth-order valence-electron chi connectivity index (χ4n) is 2.30. The minimum absolute atomic E-state index is 0.0207. The van der Waals surface area contributed by atoms with Crippen LogP contribution in [0.2, 0.25) is 0 Å². The first-order chi connectivity index (χ1) is 6.80. The van der Waals surface area contributed by atoms with E-state index in [2.05, 4.69) is 6.92 Å². The topological polar surface area (TPSA) is 46.5 Å². The smallest absolute Gasteiger partial charge is 0.302 e. The molecular formula is C12H22O3. The summed E-state index contributed by atoms with van der Waals surface area (Å²) in [6.45, 7) is 7.21. The van der Waals surface area contributed by atoms with Gasteiger partial charge in [0.05, 0.1) is 5.60 Å². The van der Waals surface area contributed by atoms with E-state index < -0.39 is 5.60 Å². The summed E-state index contributed by atoms with van der Waals surface area (Å²) in [5, 5.41) is 9.94. The molecule has 1 aliphatic rings. The molecule has 3 heteroatoms. The molecule has 3 atom stereocenters. The van der Waals surface area contributed by atoms with Crippen molar-refractivity contribution in [1.29, 1.82) is 0 Å². The Morgan fingerprint density at radius 1 is 1.40 bits per heavy atom. The third-order valence-electron chi connectivity index (χ3n) is 3.44. The second kappa shape index (κ2) is 4.52. The maximum Gasteiger partial charge on any atom is 0.302 e. The van der Waals surface area contributed by atoms with E-state index in [0.29, 0.717) is 5.92 Å². The molecule has 0 aromatic heterocycles. The summed E-state index contributed by atoms with van der Waals surface area (Å²) in [4.78, 5) is 10.9. The normalized spacial score (nSPS) is 32.5. The second-order valence-corrected chi connectivity index (χ2v) is 5.29. The molecule has 1 aliphatic carbocycles. The van der Waals surface area contributed by atoms with Gasteiger partial charge in [0.2, 0.25) is 0 Å². The number of ether oxygens (including phenoxy) is 1. The Balaban J connectivity index is 2.60.